The van der Waals surface area contributed by atoms with Gasteiger partial charge in [-0.15, -0.1) is 10.2 Å². The van der Waals surface area contributed by atoms with Gasteiger partial charge in [0.05, 0.1) is 6.54 Å². The Hall–Kier alpha value is -2.61. The average Bonchev–Trinajstić information content (AvgIpc) is 3.22. The third kappa shape index (κ3) is 3.14. The SMILES string of the molecule is CCSc1nnc(-c2nn(C)c3c2CN(C(=O)c2ccccc2)CC3)n1C. The molecule has 4 rings (SSSR count). The molecule has 0 bridgehead atoms. The molecular weight excluding hydrogens is 360 g/mol. The number of rotatable bonds is 4. The highest BCUT2D eigenvalue weighted by Gasteiger charge is 2.29. The van der Waals surface area contributed by atoms with Gasteiger partial charge >= 0.3 is 0 Å². The molecule has 0 saturated carbocycles. The summed E-state index contributed by atoms with van der Waals surface area (Å²) in [4.78, 5) is 14.8. The summed E-state index contributed by atoms with van der Waals surface area (Å²) < 4.78 is 3.89. The summed E-state index contributed by atoms with van der Waals surface area (Å²) in [7, 11) is 3.92. The van der Waals surface area contributed by atoms with E-state index in [1.165, 1.54) is 0 Å². The number of benzene rings is 1. The van der Waals surface area contributed by atoms with Crippen molar-refractivity contribution in [2.75, 3.05) is 12.3 Å². The number of nitrogens with zero attached hydrogens (tertiary/aromatic N) is 6. The zero-order valence-electron chi connectivity index (χ0n) is 15.7. The van der Waals surface area contributed by atoms with Crippen molar-refractivity contribution in [3.63, 3.8) is 0 Å². The first-order valence-electron chi connectivity index (χ1n) is 9.01. The van der Waals surface area contributed by atoms with Gasteiger partial charge in [0.15, 0.2) is 11.0 Å². The normalized spacial score (nSPS) is 13.7. The Morgan fingerprint density at radius 1 is 1.19 bits per heavy atom. The first kappa shape index (κ1) is 17.8. The molecule has 0 saturated heterocycles. The molecule has 1 aliphatic rings. The van der Waals surface area contributed by atoms with Crippen LogP contribution in [0.1, 0.15) is 28.5 Å². The maximum absolute atomic E-state index is 12.9. The van der Waals surface area contributed by atoms with Gasteiger partial charge < -0.3 is 9.47 Å². The van der Waals surface area contributed by atoms with Crippen molar-refractivity contribution in [3.05, 3.63) is 47.2 Å². The molecule has 0 radical (unpaired) electrons. The molecule has 7 nitrogen and oxygen atoms in total. The van der Waals surface area contributed by atoms with E-state index >= 15 is 0 Å². The van der Waals surface area contributed by atoms with Gasteiger partial charge in [0, 0.05) is 43.9 Å². The maximum atomic E-state index is 12.9. The Morgan fingerprint density at radius 3 is 2.70 bits per heavy atom. The smallest absolute Gasteiger partial charge is 0.254 e. The van der Waals surface area contributed by atoms with Crippen LogP contribution in [-0.4, -0.2) is 47.6 Å². The molecule has 27 heavy (non-hydrogen) atoms. The number of aryl methyl sites for hydroxylation is 1. The second kappa shape index (κ2) is 7.19. The van der Waals surface area contributed by atoms with E-state index in [9.17, 15) is 4.79 Å². The van der Waals surface area contributed by atoms with Gasteiger partial charge in [0.1, 0.15) is 5.69 Å². The van der Waals surface area contributed by atoms with E-state index in [0.717, 1.165) is 40.1 Å². The predicted molar refractivity (Wildman–Crippen MR) is 104 cm³/mol. The van der Waals surface area contributed by atoms with E-state index in [1.54, 1.807) is 11.8 Å². The number of hydrogen-bond donors (Lipinski definition) is 0. The third-order valence-electron chi connectivity index (χ3n) is 4.87. The van der Waals surface area contributed by atoms with Crippen LogP contribution in [0.15, 0.2) is 35.5 Å². The zero-order chi connectivity index (χ0) is 19.0. The van der Waals surface area contributed by atoms with E-state index in [1.807, 2.05) is 58.6 Å². The van der Waals surface area contributed by atoms with Crippen LogP contribution in [0, 0.1) is 0 Å². The second-order valence-corrected chi connectivity index (χ2v) is 7.77. The molecule has 0 fully saturated rings. The molecule has 1 amide bonds. The van der Waals surface area contributed by atoms with Crippen molar-refractivity contribution in [1.29, 1.82) is 0 Å². The number of hydrogen-bond acceptors (Lipinski definition) is 5. The summed E-state index contributed by atoms with van der Waals surface area (Å²) in [6.45, 7) is 3.32. The van der Waals surface area contributed by atoms with Crippen LogP contribution in [0.2, 0.25) is 0 Å². The Morgan fingerprint density at radius 2 is 1.96 bits per heavy atom. The molecule has 1 aliphatic heterocycles. The summed E-state index contributed by atoms with van der Waals surface area (Å²) in [5.74, 6) is 1.74. The van der Waals surface area contributed by atoms with Gasteiger partial charge in [-0.25, -0.2) is 0 Å². The van der Waals surface area contributed by atoms with Crippen molar-refractivity contribution < 1.29 is 4.79 Å². The second-order valence-electron chi connectivity index (χ2n) is 6.54. The molecule has 2 aromatic heterocycles. The number of fused-ring (bicyclic) bond motifs is 1. The molecule has 3 heterocycles. The van der Waals surface area contributed by atoms with Crippen LogP contribution in [0.3, 0.4) is 0 Å². The lowest BCUT2D eigenvalue weighted by Gasteiger charge is -2.27. The minimum absolute atomic E-state index is 0.0521. The fourth-order valence-electron chi connectivity index (χ4n) is 3.48. The van der Waals surface area contributed by atoms with E-state index in [4.69, 9.17) is 5.10 Å². The van der Waals surface area contributed by atoms with Crippen LogP contribution < -0.4 is 0 Å². The summed E-state index contributed by atoms with van der Waals surface area (Å²) in [5, 5.41) is 14.2. The molecule has 0 atom stereocenters. The third-order valence-corrected chi connectivity index (χ3v) is 5.77. The molecule has 140 valence electrons. The Kier molecular flexibility index (Phi) is 4.73. The molecule has 3 aromatic rings. The lowest BCUT2D eigenvalue weighted by Crippen LogP contribution is -2.36. The molecule has 0 aliphatic carbocycles. The summed E-state index contributed by atoms with van der Waals surface area (Å²) in [6, 6.07) is 9.43. The molecular formula is C19H22N6OS. The number of carbonyl (C=O) groups excluding carboxylic acids is 1. The Labute approximate surface area is 162 Å². The van der Waals surface area contributed by atoms with Crippen molar-refractivity contribution in [1.82, 2.24) is 29.4 Å². The lowest BCUT2D eigenvalue weighted by molar-refractivity contribution is 0.0733. The van der Waals surface area contributed by atoms with Crippen LogP contribution in [0.25, 0.3) is 11.5 Å². The summed E-state index contributed by atoms with van der Waals surface area (Å²) in [5.41, 5.74) is 3.76. The quantitative estimate of drug-likeness (QED) is 0.649. The Balaban J connectivity index is 1.68. The first-order chi connectivity index (χ1) is 13.1. The largest absolute Gasteiger partial charge is 0.334 e. The highest BCUT2D eigenvalue weighted by Crippen LogP contribution is 2.30. The van der Waals surface area contributed by atoms with Crippen LogP contribution in [0.5, 0.6) is 0 Å². The van der Waals surface area contributed by atoms with Crippen molar-refractivity contribution in [2.45, 2.75) is 25.0 Å². The molecule has 0 N–H and O–H groups in total. The van der Waals surface area contributed by atoms with E-state index in [0.29, 0.717) is 18.7 Å². The fourth-order valence-corrected chi connectivity index (χ4v) is 4.12. The molecule has 0 spiro atoms. The predicted octanol–water partition coefficient (Wildman–Crippen LogP) is 2.53. The minimum Gasteiger partial charge on any atom is -0.334 e. The van der Waals surface area contributed by atoms with Crippen molar-refractivity contribution >= 4 is 17.7 Å². The molecule has 8 heteroatoms. The average molecular weight is 382 g/mol. The minimum atomic E-state index is 0.0521. The van der Waals surface area contributed by atoms with E-state index in [-0.39, 0.29) is 5.91 Å². The summed E-state index contributed by atoms with van der Waals surface area (Å²) >= 11 is 1.65. The molecule has 1 aromatic carbocycles. The number of amides is 1. The highest BCUT2D eigenvalue weighted by atomic mass is 32.2. The monoisotopic (exact) mass is 382 g/mol. The number of thioether (sulfide) groups is 1. The standard InChI is InChI=1S/C19H22N6OS/c1-4-27-19-21-20-17(23(19)2)16-14-12-25(11-10-15(14)24(3)22-16)18(26)13-8-6-5-7-9-13/h5-9H,4,10-12H2,1-3H3. The fraction of sp³-hybridized carbons (Fsp3) is 0.368. The van der Waals surface area contributed by atoms with Crippen LogP contribution in [-0.2, 0) is 27.1 Å². The summed E-state index contributed by atoms with van der Waals surface area (Å²) in [6.07, 6.45) is 0.784. The highest BCUT2D eigenvalue weighted by molar-refractivity contribution is 7.99. The topological polar surface area (TPSA) is 68.8 Å². The lowest BCUT2D eigenvalue weighted by atomic mass is 10.0. The molecule has 0 unspecified atom stereocenters. The van der Waals surface area contributed by atoms with Crippen LogP contribution in [0.4, 0.5) is 0 Å². The van der Waals surface area contributed by atoms with Crippen molar-refractivity contribution in [3.8, 4) is 11.5 Å². The zero-order valence-corrected chi connectivity index (χ0v) is 16.5. The van der Waals surface area contributed by atoms with Gasteiger partial charge in [-0.3, -0.25) is 9.48 Å². The maximum Gasteiger partial charge on any atom is 0.254 e. The van der Waals surface area contributed by atoms with Crippen LogP contribution >= 0.6 is 11.8 Å². The Bertz CT molecular complexity index is 978. The van der Waals surface area contributed by atoms with Gasteiger partial charge in [-0.1, -0.05) is 36.9 Å². The van der Waals surface area contributed by atoms with E-state index in [2.05, 4.69) is 17.1 Å². The van der Waals surface area contributed by atoms with Gasteiger partial charge in [-0.05, 0) is 17.9 Å². The first-order valence-corrected chi connectivity index (χ1v) is 10.00. The van der Waals surface area contributed by atoms with Gasteiger partial charge in [-0.2, -0.15) is 5.10 Å². The van der Waals surface area contributed by atoms with E-state index < -0.39 is 0 Å². The van der Waals surface area contributed by atoms with Crippen molar-refractivity contribution in [2.24, 2.45) is 14.1 Å². The van der Waals surface area contributed by atoms with Gasteiger partial charge in [0.25, 0.3) is 5.91 Å². The van der Waals surface area contributed by atoms with Gasteiger partial charge in [0.2, 0.25) is 0 Å². The number of aromatic nitrogens is 5. The number of carbonyl (C=O) groups is 1.